The van der Waals surface area contributed by atoms with Gasteiger partial charge in [0, 0.05) is 19.1 Å². The second kappa shape index (κ2) is 6.68. The van der Waals surface area contributed by atoms with E-state index in [2.05, 4.69) is 36.3 Å². The zero-order valence-corrected chi connectivity index (χ0v) is 12.3. The molecule has 0 saturated carbocycles. The fraction of sp³-hybridized carbons (Fsp3) is 0.533. The van der Waals surface area contributed by atoms with Gasteiger partial charge in [0.15, 0.2) is 0 Å². The van der Waals surface area contributed by atoms with Gasteiger partial charge in [-0.15, -0.1) is 0 Å². The third-order valence-corrected chi connectivity index (χ3v) is 3.28. The quantitative estimate of drug-likeness (QED) is 0.818. The Balaban J connectivity index is 2.40. The number of rotatable bonds is 6. The van der Waals surface area contributed by atoms with Gasteiger partial charge < -0.3 is 11.1 Å². The normalized spacial score (nSPS) is 13.4. The van der Waals surface area contributed by atoms with Crippen molar-refractivity contribution in [3.8, 4) is 0 Å². The molecule has 3 N–H and O–H groups in total. The number of nitrogens with zero attached hydrogens (tertiary/aromatic N) is 1. The lowest BCUT2D eigenvalue weighted by Crippen LogP contribution is -2.50. The van der Waals surface area contributed by atoms with Crippen LogP contribution in [0.1, 0.15) is 32.4 Å². The van der Waals surface area contributed by atoms with Crippen LogP contribution in [0.5, 0.6) is 0 Å². The van der Waals surface area contributed by atoms with Crippen molar-refractivity contribution in [2.45, 2.75) is 32.4 Å². The van der Waals surface area contributed by atoms with Crippen LogP contribution < -0.4 is 11.1 Å². The summed E-state index contributed by atoms with van der Waals surface area (Å²) in [5.41, 5.74) is 6.18. The van der Waals surface area contributed by atoms with Crippen LogP contribution in [-0.2, 0) is 4.79 Å². The first-order chi connectivity index (χ1) is 8.82. The van der Waals surface area contributed by atoms with E-state index in [0.717, 1.165) is 6.54 Å². The number of carbonyl (C=O) groups excluding carboxylic acids is 1. The van der Waals surface area contributed by atoms with Gasteiger partial charge in [-0.3, -0.25) is 9.69 Å². The average molecular weight is 263 g/mol. The van der Waals surface area contributed by atoms with Crippen LogP contribution >= 0.6 is 0 Å². The fourth-order valence-corrected chi connectivity index (χ4v) is 1.75. The maximum atomic E-state index is 11.6. The molecular formula is C15H25N3O. The molecule has 1 amide bonds. The van der Waals surface area contributed by atoms with E-state index < -0.39 is 5.54 Å². The van der Waals surface area contributed by atoms with Crippen LogP contribution in [0.4, 0.5) is 0 Å². The minimum atomic E-state index is -0.816. The third kappa shape index (κ3) is 5.01. The Bertz CT molecular complexity index is 398. The molecule has 0 heterocycles. The van der Waals surface area contributed by atoms with Gasteiger partial charge in [-0.2, -0.15) is 0 Å². The highest BCUT2D eigenvalue weighted by Gasteiger charge is 2.21. The smallest absolute Gasteiger partial charge is 0.239 e. The molecule has 4 heteroatoms. The average Bonchev–Trinajstić information content (AvgIpc) is 2.37. The number of likely N-dealkylation sites (N-methyl/N-ethyl adjacent to an activating group) is 1. The first kappa shape index (κ1) is 15.7. The predicted octanol–water partition coefficient (Wildman–Crippen LogP) is 1.53. The highest BCUT2D eigenvalue weighted by molar-refractivity contribution is 5.84. The largest absolute Gasteiger partial charge is 0.353 e. The number of amides is 1. The van der Waals surface area contributed by atoms with Crippen LogP contribution in [0.15, 0.2) is 30.3 Å². The third-order valence-electron chi connectivity index (χ3n) is 3.28. The second-order valence-corrected chi connectivity index (χ2v) is 5.54. The zero-order chi connectivity index (χ0) is 14.5. The molecule has 0 aliphatic heterocycles. The van der Waals surface area contributed by atoms with Gasteiger partial charge in [-0.25, -0.2) is 0 Å². The second-order valence-electron chi connectivity index (χ2n) is 5.54. The monoisotopic (exact) mass is 263 g/mol. The van der Waals surface area contributed by atoms with Gasteiger partial charge >= 0.3 is 0 Å². The van der Waals surface area contributed by atoms with Crippen LogP contribution in [0, 0.1) is 0 Å². The maximum absolute atomic E-state index is 11.6. The van der Waals surface area contributed by atoms with E-state index in [9.17, 15) is 4.79 Å². The lowest BCUT2D eigenvalue weighted by Gasteiger charge is -2.26. The van der Waals surface area contributed by atoms with Crippen molar-refractivity contribution in [1.29, 1.82) is 0 Å². The van der Waals surface area contributed by atoms with Crippen molar-refractivity contribution in [2.75, 3.05) is 20.1 Å². The van der Waals surface area contributed by atoms with Crippen LogP contribution in [0.3, 0.4) is 0 Å². The molecule has 19 heavy (non-hydrogen) atoms. The SMILES string of the molecule is CC(c1ccccc1)N(C)CCNC(=O)C(C)(C)N. The first-order valence-corrected chi connectivity index (χ1v) is 6.64. The Hall–Kier alpha value is -1.39. The summed E-state index contributed by atoms with van der Waals surface area (Å²) >= 11 is 0. The zero-order valence-electron chi connectivity index (χ0n) is 12.3. The van der Waals surface area contributed by atoms with E-state index >= 15 is 0 Å². The van der Waals surface area contributed by atoms with Gasteiger partial charge in [0.05, 0.1) is 5.54 Å². The first-order valence-electron chi connectivity index (χ1n) is 6.64. The molecule has 0 aliphatic carbocycles. The van der Waals surface area contributed by atoms with Crippen molar-refractivity contribution >= 4 is 5.91 Å². The maximum Gasteiger partial charge on any atom is 0.239 e. The van der Waals surface area contributed by atoms with Gasteiger partial charge in [-0.1, -0.05) is 30.3 Å². The van der Waals surface area contributed by atoms with Crippen molar-refractivity contribution in [2.24, 2.45) is 5.73 Å². The molecule has 1 aromatic rings. The lowest BCUT2D eigenvalue weighted by atomic mass is 10.1. The van der Waals surface area contributed by atoms with E-state index in [-0.39, 0.29) is 5.91 Å². The molecule has 1 unspecified atom stereocenters. The summed E-state index contributed by atoms with van der Waals surface area (Å²) in [6, 6.07) is 10.6. The van der Waals surface area contributed by atoms with Gasteiger partial charge in [0.25, 0.3) is 0 Å². The van der Waals surface area contributed by atoms with Crippen LogP contribution in [-0.4, -0.2) is 36.5 Å². The molecule has 106 valence electrons. The Morgan fingerprint density at radius 3 is 2.47 bits per heavy atom. The minimum absolute atomic E-state index is 0.117. The Morgan fingerprint density at radius 1 is 1.37 bits per heavy atom. The van der Waals surface area contributed by atoms with E-state index in [1.165, 1.54) is 5.56 Å². The number of benzene rings is 1. The Morgan fingerprint density at radius 2 is 1.95 bits per heavy atom. The summed E-state index contributed by atoms with van der Waals surface area (Å²) in [5.74, 6) is -0.117. The standard InChI is InChI=1S/C15H25N3O/c1-12(13-8-6-5-7-9-13)18(4)11-10-17-14(19)15(2,3)16/h5-9,12H,10-11,16H2,1-4H3,(H,17,19). The predicted molar refractivity (Wildman–Crippen MR) is 78.8 cm³/mol. The molecule has 0 saturated heterocycles. The van der Waals surface area contributed by atoms with Gasteiger partial charge in [0.1, 0.15) is 0 Å². The summed E-state index contributed by atoms with van der Waals surface area (Å²) < 4.78 is 0. The van der Waals surface area contributed by atoms with E-state index in [4.69, 9.17) is 5.73 Å². The highest BCUT2D eigenvalue weighted by atomic mass is 16.2. The number of hydrogen-bond donors (Lipinski definition) is 2. The van der Waals surface area contributed by atoms with Gasteiger partial charge in [-0.05, 0) is 33.4 Å². The molecule has 1 aromatic carbocycles. The summed E-state index contributed by atoms with van der Waals surface area (Å²) in [6.07, 6.45) is 0. The molecule has 0 bridgehead atoms. The Labute approximate surface area is 116 Å². The van der Waals surface area contributed by atoms with E-state index in [1.807, 2.05) is 18.2 Å². The summed E-state index contributed by atoms with van der Waals surface area (Å²) in [6.45, 7) is 6.96. The molecule has 0 spiro atoms. The molecule has 1 rings (SSSR count). The van der Waals surface area contributed by atoms with E-state index in [0.29, 0.717) is 12.6 Å². The molecule has 0 radical (unpaired) electrons. The van der Waals surface area contributed by atoms with Crippen molar-refractivity contribution in [3.05, 3.63) is 35.9 Å². The van der Waals surface area contributed by atoms with Gasteiger partial charge in [0.2, 0.25) is 5.91 Å². The number of carbonyl (C=O) groups is 1. The molecule has 4 nitrogen and oxygen atoms in total. The van der Waals surface area contributed by atoms with Crippen LogP contribution in [0.2, 0.25) is 0 Å². The van der Waals surface area contributed by atoms with Crippen LogP contribution in [0.25, 0.3) is 0 Å². The topological polar surface area (TPSA) is 58.4 Å². The Kier molecular flexibility index (Phi) is 5.51. The number of hydrogen-bond acceptors (Lipinski definition) is 3. The molecule has 1 atom stereocenters. The fourth-order valence-electron chi connectivity index (χ4n) is 1.75. The van der Waals surface area contributed by atoms with Crippen molar-refractivity contribution < 1.29 is 4.79 Å². The molecule has 0 aromatic heterocycles. The van der Waals surface area contributed by atoms with Crippen molar-refractivity contribution in [3.63, 3.8) is 0 Å². The number of nitrogens with two attached hydrogens (primary N) is 1. The summed E-state index contributed by atoms with van der Waals surface area (Å²) in [4.78, 5) is 13.8. The highest BCUT2D eigenvalue weighted by Crippen LogP contribution is 2.17. The van der Waals surface area contributed by atoms with Crippen molar-refractivity contribution in [1.82, 2.24) is 10.2 Å². The molecule has 0 fully saturated rings. The summed E-state index contributed by atoms with van der Waals surface area (Å²) in [5, 5.41) is 2.85. The summed E-state index contributed by atoms with van der Waals surface area (Å²) in [7, 11) is 2.05. The van der Waals surface area contributed by atoms with E-state index in [1.54, 1.807) is 13.8 Å². The molecule has 0 aliphatic rings. The lowest BCUT2D eigenvalue weighted by molar-refractivity contribution is -0.125. The molecular weight excluding hydrogens is 238 g/mol. The number of nitrogens with one attached hydrogen (secondary N) is 1. The minimum Gasteiger partial charge on any atom is -0.353 e.